The van der Waals surface area contributed by atoms with Gasteiger partial charge in [-0.05, 0) is 32.7 Å². The van der Waals surface area contributed by atoms with Gasteiger partial charge in [0.15, 0.2) is 0 Å². The van der Waals surface area contributed by atoms with Crippen molar-refractivity contribution in [3.05, 3.63) is 0 Å². The lowest BCUT2D eigenvalue weighted by Crippen LogP contribution is -2.41. The molecule has 0 aliphatic rings. The number of halogens is 3. The second-order valence-electron chi connectivity index (χ2n) is 4.45. The highest BCUT2D eigenvalue weighted by Crippen LogP contribution is 2.19. The molecule has 1 unspecified atom stereocenters. The number of alkyl halides is 3. The summed E-state index contributed by atoms with van der Waals surface area (Å²) in [6.07, 6.45) is -3.02. The van der Waals surface area contributed by atoms with Gasteiger partial charge in [0, 0.05) is 6.61 Å². The van der Waals surface area contributed by atoms with Crippen molar-refractivity contribution >= 4 is 0 Å². The summed E-state index contributed by atoms with van der Waals surface area (Å²) in [6, 6.07) is 2.18. The molecule has 0 saturated carbocycles. The predicted molar refractivity (Wildman–Crippen MR) is 63.0 cm³/mol. The molecule has 1 N–H and O–H groups in total. The summed E-state index contributed by atoms with van der Waals surface area (Å²) in [5.74, 6) is 0. The lowest BCUT2D eigenvalue weighted by Gasteiger charge is -2.22. The molecule has 6 heteroatoms. The van der Waals surface area contributed by atoms with Gasteiger partial charge in [0.2, 0.25) is 0 Å². The third-order valence-corrected chi connectivity index (χ3v) is 2.51. The van der Waals surface area contributed by atoms with Gasteiger partial charge in [0.1, 0.15) is 5.54 Å². The predicted octanol–water partition coefficient (Wildman–Crippen LogP) is 3.02. The van der Waals surface area contributed by atoms with E-state index in [1.165, 1.54) is 0 Å². The molecular formula is C12H21F3N2O. The molecule has 0 radical (unpaired) electrons. The molecule has 0 aliphatic heterocycles. The van der Waals surface area contributed by atoms with Gasteiger partial charge in [-0.3, -0.25) is 5.32 Å². The van der Waals surface area contributed by atoms with Crippen molar-refractivity contribution < 1.29 is 17.9 Å². The molecule has 0 aliphatic carbocycles. The van der Waals surface area contributed by atoms with E-state index in [2.05, 4.69) is 11.4 Å². The first-order chi connectivity index (χ1) is 8.33. The average molecular weight is 266 g/mol. The third-order valence-electron chi connectivity index (χ3n) is 2.51. The Morgan fingerprint density at radius 3 is 2.39 bits per heavy atom. The molecule has 0 amide bonds. The Kier molecular flexibility index (Phi) is 7.96. The first-order valence-corrected chi connectivity index (χ1v) is 6.14. The van der Waals surface area contributed by atoms with Crippen LogP contribution < -0.4 is 5.32 Å². The molecule has 0 fully saturated rings. The summed E-state index contributed by atoms with van der Waals surface area (Å²) in [4.78, 5) is 0. The van der Waals surface area contributed by atoms with Crippen LogP contribution >= 0.6 is 0 Å². The first-order valence-electron chi connectivity index (χ1n) is 6.14. The van der Waals surface area contributed by atoms with Crippen molar-refractivity contribution in [2.24, 2.45) is 0 Å². The maximum absolute atomic E-state index is 11.8. The van der Waals surface area contributed by atoms with Gasteiger partial charge in [-0.25, -0.2) is 0 Å². The SMILES string of the molecule is CCCNC(C)(C#N)CCCOCCC(F)(F)F. The first kappa shape index (κ1) is 17.2. The van der Waals surface area contributed by atoms with Crippen LogP contribution in [0, 0.1) is 11.3 Å². The minimum absolute atomic E-state index is 0.251. The minimum Gasteiger partial charge on any atom is -0.381 e. The second-order valence-corrected chi connectivity index (χ2v) is 4.45. The Morgan fingerprint density at radius 1 is 1.22 bits per heavy atom. The van der Waals surface area contributed by atoms with E-state index < -0.39 is 18.1 Å². The maximum Gasteiger partial charge on any atom is 0.391 e. The molecule has 1 atom stereocenters. The number of rotatable bonds is 9. The molecule has 0 heterocycles. The monoisotopic (exact) mass is 266 g/mol. The van der Waals surface area contributed by atoms with Crippen LogP contribution in [0.2, 0.25) is 0 Å². The summed E-state index contributed by atoms with van der Waals surface area (Å²) < 4.78 is 40.3. The zero-order valence-electron chi connectivity index (χ0n) is 10.9. The third kappa shape index (κ3) is 9.25. The Bertz CT molecular complexity index is 263. The van der Waals surface area contributed by atoms with E-state index in [1.54, 1.807) is 6.92 Å². The van der Waals surface area contributed by atoms with E-state index in [0.29, 0.717) is 12.8 Å². The van der Waals surface area contributed by atoms with Crippen LogP contribution in [-0.2, 0) is 4.74 Å². The number of ether oxygens (including phenoxy) is 1. The molecule has 0 saturated heterocycles. The van der Waals surface area contributed by atoms with Crippen LogP contribution in [-0.4, -0.2) is 31.5 Å². The molecule has 0 spiro atoms. The van der Waals surface area contributed by atoms with Gasteiger partial charge in [-0.2, -0.15) is 18.4 Å². The number of hydrogen-bond donors (Lipinski definition) is 1. The summed E-state index contributed by atoms with van der Waals surface area (Å²) >= 11 is 0. The van der Waals surface area contributed by atoms with E-state index >= 15 is 0 Å². The molecule has 0 aromatic heterocycles. The van der Waals surface area contributed by atoms with Gasteiger partial charge >= 0.3 is 6.18 Å². The standard InChI is InChI=1S/C12H21F3N2O/c1-3-7-17-11(2,10-16)5-4-8-18-9-6-12(13,14)15/h17H,3-9H2,1-2H3. The summed E-state index contributed by atoms with van der Waals surface area (Å²) in [6.45, 7) is 4.48. The zero-order chi connectivity index (χ0) is 14.1. The number of nitrogens with one attached hydrogen (secondary N) is 1. The Hall–Kier alpha value is -0.800. The lowest BCUT2D eigenvalue weighted by atomic mass is 9.98. The highest BCUT2D eigenvalue weighted by Gasteiger charge is 2.26. The van der Waals surface area contributed by atoms with Crippen molar-refractivity contribution in [1.29, 1.82) is 5.26 Å². The summed E-state index contributed by atoms with van der Waals surface area (Å²) in [7, 11) is 0. The molecule has 0 aromatic carbocycles. The fourth-order valence-corrected chi connectivity index (χ4v) is 1.40. The van der Waals surface area contributed by atoms with Crippen LogP contribution in [0.5, 0.6) is 0 Å². The van der Waals surface area contributed by atoms with Crippen molar-refractivity contribution in [3.63, 3.8) is 0 Å². The summed E-state index contributed by atoms with van der Waals surface area (Å²) in [5.41, 5.74) is -0.622. The van der Waals surface area contributed by atoms with E-state index in [0.717, 1.165) is 13.0 Å². The smallest absolute Gasteiger partial charge is 0.381 e. The van der Waals surface area contributed by atoms with Gasteiger partial charge in [-0.15, -0.1) is 0 Å². The molecular weight excluding hydrogens is 245 g/mol. The van der Waals surface area contributed by atoms with Crippen LogP contribution in [0.4, 0.5) is 13.2 Å². The molecule has 3 nitrogen and oxygen atoms in total. The normalized spacial score (nSPS) is 15.1. The highest BCUT2D eigenvalue weighted by atomic mass is 19.4. The second kappa shape index (κ2) is 8.33. The van der Waals surface area contributed by atoms with Crippen LogP contribution in [0.25, 0.3) is 0 Å². The molecule has 106 valence electrons. The van der Waals surface area contributed by atoms with E-state index in [4.69, 9.17) is 10.00 Å². The van der Waals surface area contributed by atoms with E-state index in [1.807, 2.05) is 6.92 Å². The fraction of sp³-hybridized carbons (Fsp3) is 0.917. The summed E-state index contributed by atoms with van der Waals surface area (Å²) in [5, 5.41) is 12.1. The fourth-order valence-electron chi connectivity index (χ4n) is 1.40. The lowest BCUT2D eigenvalue weighted by molar-refractivity contribution is -0.145. The van der Waals surface area contributed by atoms with Crippen molar-refractivity contribution in [1.82, 2.24) is 5.32 Å². The average Bonchev–Trinajstić information content (AvgIpc) is 2.30. The molecule has 0 aromatic rings. The van der Waals surface area contributed by atoms with Gasteiger partial charge in [0.05, 0.1) is 19.1 Å². The molecule has 18 heavy (non-hydrogen) atoms. The topological polar surface area (TPSA) is 45.0 Å². The van der Waals surface area contributed by atoms with E-state index in [9.17, 15) is 13.2 Å². The maximum atomic E-state index is 11.8. The Morgan fingerprint density at radius 2 is 1.89 bits per heavy atom. The van der Waals surface area contributed by atoms with Crippen molar-refractivity contribution in [2.75, 3.05) is 19.8 Å². The van der Waals surface area contributed by atoms with Gasteiger partial charge in [-0.1, -0.05) is 6.92 Å². The zero-order valence-corrected chi connectivity index (χ0v) is 10.9. The minimum atomic E-state index is -4.16. The quantitative estimate of drug-likeness (QED) is 0.652. The highest BCUT2D eigenvalue weighted by molar-refractivity contribution is 5.03. The van der Waals surface area contributed by atoms with Gasteiger partial charge in [0.25, 0.3) is 0 Å². The number of nitriles is 1. The molecule has 0 bridgehead atoms. The van der Waals surface area contributed by atoms with Crippen LogP contribution in [0.3, 0.4) is 0 Å². The van der Waals surface area contributed by atoms with Gasteiger partial charge < -0.3 is 4.74 Å². The van der Waals surface area contributed by atoms with Crippen molar-refractivity contribution in [3.8, 4) is 6.07 Å². The Balaban J connectivity index is 3.66. The largest absolute Gasteiger partial charge is 0.391 e. The van der Waals surface area contributed by atoms with Crippen LogP contribution in [0.15, 0.2) is 0 Å². The Labute approximate surface area is 106 Å². The van der Waals surface area contributed by atoms with E-state index in [-0.39, 0.29) is 13.2 Å². The number of nitrogens with zero attached hydrogens (tertiary/aromatic N) is 1. The van der Waals surface area contributed by atoms with Crippen LogP contribution in [0.1, 0.15) is 39.5 Å². The number of hydrogen-bond acceptors (Lipinski definition) is 3. The molecule has 0 rings (SSSR count). The van der Waals surface area contributed by atoms with Crippen molar-refractivity contribution in [2.45, 2.75) is 51.2 Å².